The number of nitrogens with zero attached hydrogens (tertiary/aromatic N) is 2. The van der Waals surface area contributed by atoms with Gasteiger partial charge < -0.3 is 48.3 Å². The van der Waals surface area contributed by atoms with Crippen LogP contribution in [0.2, 0.25) is 0 Å². The lowest BCUT2D eigenvalue weighted by atomic mass is 9.98. The highest BCUT2D eigenvalue weighted by Gasteiger charge is 2.32. The van der Waals surface area contributed by atoms with E-state index >= 15 is 0 Å². The van der Waals surface area contributed by atoms with Gasteiger partial charge in [-0.15, -0.1) is 0 Å². The van der Waals surface area contributed by atoms with Crippen molar-refractivity contribution in [2.45, 2.75) is 70.1 Å². The normalized spacial score (nSPS) is 14.5. The quantitative estimate of drug-likeness (QED) is 0.0610. The van der Waals surface area contributed by atoms with Crippen LogP contribution < -0.4 is 33.2 Å². The van der Waals surface area contributed by atoms with Crippen LogP contribution in [0.3, 0.4) is 0 Å². The standard InChI is InChI=1S/C27H41N9O6/c1-3-15(2)22(26(41)42)36-25(40)21(12-17-13-31-14-33-17)35-24(39)20(11-16-6-8-18(37)9-7-16)34-23(38)19(28)5-4-10-32-27(29)30/h6-9,13-15,19-22,37H,3-5,10-12,28H2,1-2H3,(H,31,33)(H,34,38)(H,35,39)(H,36,40)(H,41,42)(H4,29,30,32). The first kappa shape index (κ1) is 33.5. The maximum absolute atomic E-state index is 13.6. The number of phenols is 1. The van der Waals surface area contributed by atoms with Crippen molar-refractivity contribution in [2.24, 2.45) is 28.1 Å². The molecular formula is C27H41N9O6. The van der Waals surface area contributed by atoms with E-state index in [1.165, 1.54) is 24.7 Å². The third-order valence-electron chi connectivity index (χ3n) is 6.70. The van der Waals surface area contributed by atoms with Crippen LogP contribution in [0.1, 0.15) is 44.4 Å². The molecule has 15 heteroatoms. The van der Waals surface area contributed by atoms with E-state index in [9.17, 15) is 29.4 Å². The van der Waals surface area contributed by atoms with Crippen molar-refractivity contribution in [3.05, 3.63) is 48.0 Å². The number of hydrogen-bond donors (Lipinski definition) is 9. The number of imidazole rings is 1. The van der Waals surface area contributed by atoms with Gasteiger partial charge in [0.25, 0.3) is 0 Å². The Bertz CT molecular complexity index is 1200. The van der Waals surface area contributed by atoms with Crippen molar-refractivity contribution in [3.8, 4) is 5.75 Å². The number of hydrogen-bond acceptors (Lipinski definition) is 8. The SMILES string of the molecule is CCC(C)C(NC(=O)C(Cc1cnc[nH]1)NC(=O)C(Cc1ccc(O)cc1)NC(=O)C(N)CCCN=C(N)N)C(=O)O. The minimum Gasteiger partial charge on any atom is -0.508 e. The highest BCUT2D eigenvalue weighted by molar-refractivity contribution is 5.94. The summed E-state index contributed by atoms with van der Waals surface area (Å²) in [5, 5.41) is 27.1. The smallest absolute Gasteiger partial charge is 0.326 e. The van der Waals surface area contributed by atoms with Crippen LogP contribution in [0.4, 0.5) is 0 Å². The summed E-state index contributed by atoms with van der Waals surface area (Å²) in [5.41, 5.74) is 17.8. The van der Waals surface area contributed by atoms with Gasteiger partial charge in [0, 0.05) is 31.3 Å². The van der Waals surface area contributed by atoms with Crippen molar-refractivity contribution in [1.29, 1.82) is 0 Å². The summed E-state index contributed by atoms with van der Waals surface area (Å²) in [6.45, 7) is 3.78. The number of aromatic amines is 1. The second kappa shape index (κ2) is 16.6. The zero-order chi connectivity index (χ0) is 31.2. The number of guanidine groups is 1. The van der Waals surface area contributed by atoms with Crippen LogP contribution in [-0.2, 0) is 32.0 Å². The summed E-state index contributed by atoms with van der Waals surface area (Å²) in [5.74, 6) is -3.63. The first-order valence-corrected chi connectivity index (χ1v) is 13.6. The minimum atomic E-state index is -1.20. The van der Waals surface area contributed by atoms with Gasteiger partial charge in [0.15, 0.2) is 5.96 Å². The second-order valence-electron chi connectivity index (χ2n) is 10.0. The number of nitrogens with two attached hydrogens (primary N) is 3. The van der Waals surface area contributed by atoms with Gasteiger partial charge in [0.05, 0.1) is 12.4 Å². The largest absolute Gasteiger partial charge is 0.508 e. The number of carboxylic acid groups (broad SMARTS) is 1. The predicted octanol–water partition coefficient (Wildman–Crippen LogP) is -1.13. The predicted molar refractivity (Wildman–Crippen MR) is 155 cm³/mol. The van der Waals surface area contributed by atoms with Crippen LogP contribution in [0.15, 0.2) is 41.8 Å². The number of aromatic nitrogens is 2. The molecule has 1 heterocycles. The first-order valence-electron chi connectivity index (χ1n) is 13.6. The van der Waals surface area contributed by atoms with E-state index in [4.69, 9.17) is 17.2 Å². The van der Waals surface area contributed by atoms with Gasteiger partial charge in [0.1, 0.15) is 23.9 Å². The van der Waals surface area contributed by atoms with Gasteiger partial charge in [-0.2, -0.15) is 0 Å². The number of aliphatic carboxylic acids is 1. The zero-order valence-electron chi connectivity index (χ0n) is 23.7. The van der Waals surface area contributed by atoms with Gasteiger partial charge in [-0.05, 0) is 36.5 Å². The molecule has 2 rings (SSSR count). The number of rotatable bonds is 17. The molecule has 12 N–H and O–H groups in total. The Balaban J connectivity index is 2.26. The lowest BCUT2D eigenvalue weighted by molar-refractivity contribution is -0.143. The van der Waals surface area contributed by atoms with Crippen LogP contribution in [0, 0.1) is 5.92 Å². The highest BCUT2D eigenvalue weighted by Crippen LogP contribution is 2.13. The topological polar surface area (TPSA) is 264 Å². The Morgan fingerprint density at radius 1 is 1.00 bits per heavy atom. The van der Waals surface area contributed by atoms with E-state index in [1.807, 2.05) is 0 Å². The van der Waals surface area contributed by atoms with Crippen LogP contribution >= 0.6 is 0 Å². The molecule has 2 aromatic rings. The Labute approximate surface area is 243 Å². The molecule has 15 nitrogen and oxygen atoms in total. The van der Waals surface area contributed by atoms with Gasteiger partial charge in [-0.1, -0.05) is 32.4 Å². The average Bonchev–Trinajstić information content (AvgIpc) is 3.46. The summed E-state index contributed by atoms with van der Waals surface area (Å²) in [6, 6.07) is 1.57. The van der Waals surface area contributed by atoms with Gasteiger partial charge in [-0.3, -0.25) is 19.4 Å². The monoisotopic (exact) mass is 587 g/mol. The molecule has 0 fully saturated rings. The number of carbonyl (C=O) groups excluding carboxylic acids is 3. The molecule has 5 unspecified atom stereocenters. The van der Waals surface area contributed by atoms with E-state index in [1.54, 1.807) is 26.0 Å². The molecule has 230 valence electrons. The molecule has 0 aliphatic carbocycles. The van der Waals surface area contributed by atoms with Crippen LogP contribution in [0.25, 0.3) is 0 Å². The summed E-state index contributed by atoms with van der Waals surface area (Å²) >= 11 is 0. The molecule has 0 saturated heterocycles. The lowest BCUT2D eigenvalue weighted by Crippen LogP contribution is -2.58. The van der Waals surface area contributed by atoms with Gasteiger partial charge in [0.2, 0.25) is 17.7 Å². The number of benzene rings is 1. The van der Waals surface area contributed by atoms with Gasteiger partial charge in [-0.25, -0.2) is 9.78 Å². The number of aliphatic imine (C=N–C) groups is 1. The van der Waals surface area contributed by atoms with Crippen molar-refractivity contribution in [1.82, 2.24) is 25.9 Å². The Morgan fingerprint density at radius 3 is 2.19 bits per heavy atom. The molecular weight excluding hydrogens is 546 g/mol. The van der Waals surface area contributed by atoms with Crippen molar-refractivity contribution in [3.63, 3.8) is 0 Å². The number of H-pyrrole nitrogens is 1. The van der Waals surface area contributed by atoms with Crippen molar-refractivity contribution in [2.75, 3.05) is 6.54 Å². The van der Waals surface area contributed by atoms with E-state index in [0.29, 0.717) is 24.1 Å². The van der Waals surface area contributed by atoms with Crippen molar-refractivity contribution >= 4 is 29.7 Å². The third kappa shape index (κ3) is 11.1. The molecule has 0 radical (unpaired) electrons. The number of phenolic OH excluding ortho intramolecular Hbond substituents is 1. The molecule has 42 heavy (non-hydrogen) atoms. The molecule has 0 aliphatic rings. The lowest BCUT2D eigenvalue weighted by Gasteiger charge is -2.26. The Hall–Kier alpha value is -4.66. The first-order chi connectivity index (χ1) is 19.9. The van der Waals surface area contributed by atoms with E-state index in [2.05, 4.69) is 30.9 Å². The minimum absolute atomic E-state index is 0.0155. The fourth-order valence-electron chi connectivity index (χ4n) is 4.04. The molecule has 5 atom stereocenters. The Kier molecular flexibility index (Phi) is 13.2. The summed E-state index contributed by atoms with van der Waals surface area (Å²) in [7, 11) is 0. The number of carbonyl (C=O) groups is 4. The third-order valence-corrected chi connectivity index (χ3v) is 6.70. The molecule has 0 spiro atoms. The fraction of sp³-hybridized carbons (Fsp3) is 0.481. The molecule has 3 amide bonds. The summed E-state index contributed by atoms with van der Waals surface area (Å²) in [6.07, 6.45) is 4.06. The highest BCUT2D eigenvalue weighted by atomic mass is 16.4. The maximum atomic E-state index is 13.6. The van der Waals surface area contributed by atoms with Crippen molar-refractivity contribution < 1.29 is 29.4 Å². The Morgan fingerprint density at radius 2 is 1.62 bits per heavy atom. The maximum Gasteiger partial charge on any atom is 0.326 e. The number of nitrogens with one attached hydrogen (secondary N) is 4. The van der Waals surface area contributed by atoms with Crippen LogP contribution in [0.5, 0.6) is 5.75 Å². The van der Waals surface area contributed by atoms with E-state index in [-0.39, 0.29) is 43.4 Å². The fourth-order valence-corrected chi connectivity index (χ4v) is 4.04. The number of aromatic hydroxyl groups is 1. The molecule has 0 saturated carbocycles. The molecule has 0 bridgehead atoms. The molecule has 1 aromatic carbocycles. The zero-order valence-corrected chi connectivity index (χ0v) is 23.7. The van der Waals surface area contributed by atoms with Crippen LogP contribution in [-0.4, -0.2) is 80.5 Å². The molecule has 0 aliphatic heterocycles. The average molecular weight is 588 g/mol. The van der Waals surface area contributed by atoms with E-state index < -0.39 is 47.9 Å². The number of amides is 3. The molecule has 1 aromatic heterocycles. The second-order valence-corrected chi connectivity index (χ2v) is 10.0. The summed E-state index contributed by atoms with van der Waals surface area (Å²) < 4.78 is 0. The summed E-state index contributed by atoms with van der Waals surface area (Å²) in [4.78, 5) is 62.3. The van der Waals surface area contributed by atoms with E-state index in [0.717, 1.165) is 0 Å². The van der Waals surface area contributed by atoms with Gasteiger partial charge >= 0.3 is 5.97 Å². The number of carboxylic acids is 1.